The molecule has 1 rings (SSSR count). The monoisotopic (exact) mass is 273 g/mol. The Morgan fingerprint density at radius 2 is 2.09 bits per heavy atom. The summed E-state index contributed by atoms with van der Waals surface area (Å²) >= 11 is 1.75. The van der Waals surface area contributed by atoms with E-state index in [-0.39, 0.29) is 0 Å². The second-order valence-corrected chi connectivity index (χ2v) is 2.93. The maximum absolute atomic E-state index is 12.6. The minimum atomic E-state index is -2.79. The molecule has 0 spiro atoms. The second-order valence-electron chi connectivity index (χ2n) is 1.83. The summed E-state index contributed by atoms with van der Waals surface area (Å²) < 4.78 is 36.7. The van der Waals surface area contributed by atoms with Gasteiger partial charge >= 0.3 is 0 Å². The lowest BCUT2D eigenvalue weighted by Crippen LogP contribution is -1.93. The lowest BCUT2D eigenvalue weighted by Gasteiger charge is -1.99. The minimum absolute atomic E-state index is 0.365. The summed E-state index contributed by atoms with van der Waals surface area (Å²) in [5.41, 5.74) is -0.648. The standard InChI is InChI=1S/C6H3F3IN/c7-4-1-5(10)11-2-3(4)6(8)9/h1-2,6H. The molecular formula is C6H3F3IN. The molecule has 11 heavy (non-hydrogen) atoms. The number of halogens is 4. The van der Waals surface area contributed by atoms with Gasteiger partial charge in [-0.2, -0.15) is 0 Å². The molecule has 0 unspecified atom stereocenters. The fourth-order valence-corrected chi connectivity index (χ4v) is 0.991. The van der Waals surface area contributed by atoms with Gasteiger partial charge in [0.15, 0.2) is 0 Å². The molecule has 0 fully saturated rings. The Morgan fingerprint density at radius 1 is 1.45 bits per heavy atom. The van der Waals surface area contributed by atoms with Crippen molar-refractivity contribution in [1.82, 2.24) is 4.98 Å². The number of alkyl halides is 2. The average molecular weight is 273 g/mol. The summed E-state index contributed by atoms with van der Waals surface area (Å²) in [5.74, 6) is -0.903. The Labute approximate surface area is 74.8 Å². The van der Waals surface area contributed by atoms with Gasteiger partial charge in [-0.25, -0.2) is 18.2 Å². The van der Waals surface area contributed by atoms with E-state index >= 15 is 0 Å². The van der Waals surface area contributed by atoms with Crippen LogP contribution in [0.5, 0.6) is 0 Å². The zero-order valence-corrected chi connectivity index (χ0v) is 7.35. The van der Waals surface area contributed by atoms with Crippen LogP contribution in [0.4, 0.5) is 13.2 Å². The Hall–Kier alpha value is -0.330. The summed E-state index contributed by atoms with van der Waals surface area (Å²) in [6.45, 7) is 0. The van der Waals surface area contributed by atoms with Crippen LogP contribution in [-0.2, 0) is 0 Å². The first-order valence-corrected chi connectivity index (χ1v) is 3.78. The second kappa shape index (κ2) is 3.38. The molecule has 0 aliphatic carbocycles. The summed E-state index contributed by atoms with van der Waals surface area (Å²) in [6.07, 6.45) is -1.94. The van der Waals surface area contributed by atoms with Gasteiger partial charge in [-0.15, -0.1) is 0 Å². The summed E-state index contributed by atoms with van der Waals surface area (Å²) in [5, 5.41) is 0. The van der Waals surface area contributed by atoms with E-state index in [2.05, 4.69) is 4.98 Å². The first-order chi connectivity index (χ1) is 5.11. The van der Waals surface area contributed by atoms with Crippen LogP contribution in [0, 0.1) is 9.52 Å². The predicted octanol–water partition coefficient (Wildman–Crippen LogP) is 2.76. The first-order valence-electron chi connectivity index (χ1n) is 2.70. The highest BCUT2D eigenvalue weighted by Crippen LogP contribution is 2.21. The maximum Gasteiger partial charge on any atom is 0.268 e. The van der Waals surface area contributed by atoms with Crippen LogP contribution in [0.1, 0.15) is 12.0 Å². The van der Waals surface area contributed by atoms with Crippen LogP contribution in [0.2, 0.25) is 0 Å². The third kappa shape index (κ3) is 2.05. The van der Waals surface area contributed by atoms with Crippen LogP contribution in [0.3, 0.4) is 0 Å². The third-order valence-electron chi connectivity index (χ3n) is 1.08. The average Bonchev–Trinajstić information content (AvgIpc) is 1.85. The molecule has 1 nitrogen and oxygen atoms in total. The van der Waals surface area contributed by atoms with Crippen LogP contribution >= 0.6 is 22.6 Å². The number of hydrogen-bond acceptors (Lipinski definition) is 1. The first kappa shape index (κ1) is 8.76. The van der Waals surface area contributed by atoms with Crippen LogP contribution in [-0.4, -0.2) is 4.98 Å². The van der Waals surface area contributed by atoms with Gasteiger partial charge in [0, 0.05) is 12.3 Å². The van der Waals surface area contributed by atoms with E-state index in [1.807, 2.05) is 0 Å². The van der Waals surface area contributed by atoms with Gasteiger partial charge < -0.3 is 0 Å². The molecule has 0 radical (unpaired) electrons. The normalized spacial score (nSPS) is 10.6. The van der Waals surface area contributed by atoms with Crippen molar-refractivity contribution in [2.75, 3.05) is 0 Å². The van der Waals surface area contributed by atoms with Crippen LogP contribution in [0.15, 0.2) is 12.3 Å². The highest BCUT2D eigenvalue weighted by molar-refractivity contribution is 14.1. The number of hydrogen-bond donors (Lipinski definition) is 0. The molecule has 0 saturated heterocycles. The molecule has 0 saturated carbocycles. The third-order valence-corrected chi connectivity index (χ3v) is 1.67. The molecule has 0 N–H and O–H groups in total. The minimum Gasteiger partial charge on any atom is -0.250 e. The van der Waals surface area contributed by atoms with Gasteiger partial charge in [-0.3, -0.25) is 0 Å². The van der Waals surface area contributed by atoms with E-state index in [9.17, 15) is 13.2 Å². The van der Waals surface area contributed by atoms with Crippen molar-refractivity contribution in [2.45, 2.75) is 6.43 Å². The highest BCUT2D eigenvalue weighted by Gasteiger charge is 2.13. The summed E-state index contributed by atoms with van der Waals surface area (Å²) in [4.78, 5) is 3.53. The van der Waals surface area contributed by atoms with E-state index in [4.69, 9.17) is 0 Å². The van der Waals surface area contributed by atoms with E-state index in [1.165, 1.54) is 0 Å². The number of aromatic nitrogens is 1. The zero-order chi connectivity index (χ0) is 8.43. The van der Waals surface area contributed by atoms with Crippen molar-refractivity contribution in [2.24, 2.45) is 0 Å². The summed E-state index contributed by atoms with van der Waals surface area (Å²) in [6, 6.07) is 0.974. The SMILES string of the molecule is Fc1cc(I)ncc1C(F)F. The molecule has 0 aliphatic rings. The highest BCUT2D eigenvalue weighted by atomic mass is 127. The maximum atomic E-state index is 12.6. The Bertz CT molecular complexity index is 264. The van der Waals surface area contributed by atoms with Crippen molar-refractivity contribution in [3.63, 3.8) is 0 Å². The number of pyridine rings is 1. The molecular weight excluding hydrogens is 270 g/mol. The predicted molar refractivity (Wildman–Crippen MR) is 41.9 cm³/mol. The molecule has 1 heterocycles. The van der Waals surface area contributed by atoms with Crippen molar-refractivity contribution in [3.05, 3.63) is 27.3 Å². The zero-order valence-electron chi connectivity index (χ0n) is 5.19. The number of rotatable bonds is 1. The quantitative estimate of drug-likeness (QED) is 0.566. The Balaban J connectivity index is 3.09. The van der Waals surface area contributed by atoms with Crippen molar-refractivity contribution >= 4 is 22.6 Å². The van der Waals surface area contributed by atoms with Gasteiger partial charge in [0.25, 0.3) is 6.43 Å². The Kier molecular flexibility index (Phi) is 2.69. The van der Waals surface area contributed by atoms with Crippen LogP contribution in [0.25, 0.3) is 0 Å². The lowest BCUT2D eigenvalue weighted by molar-refractivity contribution is 0.146. The molecule has 0 atom stereocenters. The largest absolute Gasteiger partial charge is 0.268 e. The van der Waals surface area contributed by atoms with E-state index in [1.54, 1.807) is 22.6 Å². The topological polar surface area (TPSA) is 12.9 Å². The fraction of sp³-hybridized carbons (Fsp3) is 0.167. The molecule has 0 bridgehead atoms. The van der Waals surface area contributed by atoms with Gasteiger partial charge in [0.05, 0.1) is 5.56 Å². The van der Waals surface area contributed by atoms with Crippen molar-refractivity contribution < 1.29 is 13.2 Å². The van der Waals surface area contributed by atoms with E-state index in [0.29, 0.717) is 3.70 Å². The Morgan fingerprint density at radius 3 is 2.55 bits per heavy atom. The molecule has 0 aromatic carbocycles. The van der Waals surface area contributed by atoms with Crippen molar-refractivity contribution in [1.29, 1.82) is 0 Å². The molecule has 5 heteroatoms. The van der Waals surface area contributed by atoms with Gasteiger partial charge in [-0.05, 0) is 22.6 Å². The van der Waals surface area contributed by atoms with Gasteiger partial charge in [0.1, 0.15) is 9.52 Å². The summed E-state index contributed by atoms with van der Waals surface area (Å²) in [7, 11) is 0. The molecule has 60 valence electrons. The molecule has 0 amide bonds. The van der Waals surface area contributed by atoms with Gasteiger partial charge in [-0.1, -0.05) is 0 Å². The van der Waals surface area contributed by atoms with Crippen molar-refractivity contribution in [3.8, 4) is 0 Å². The number of nitrogens with zero attached hydrogens (tertiary/aromatic N) is 1. The molecule has 0 aliphatic heterocycles. The molecule has 1 aromatic rings. The fourth-order valence-electron chi connectivity index (χ4n) is 0.579. The molecule has 1 aromatic heterocycles. The smallest absolute Gasteiger partial charge is 0.250 e. The van der Waals surface area contributed by atoms with Crippen LogP contribution < -0.4 is 0 Å². The lowest BCUT2D eigenvalue weighted by atomic mass is 10.3. The van der Waals surface area contributed by atoms with Gasteiger partial charge in [0.2, 0.25) is 0 Å². The van der Waals surface area contributed by atoms with E-state index < -0.39 is 17.8 Å². The van der Waals surface area contributed by atoms with E-state index in [0.717, 1.165) is 12.3 Å².